The molecule has 8 nitrogen and oxygen atoms in total. The third-order valence-corrected chi connectivity index (χ3v) is 7.98. The second-order valence-corrected chi connectivity index (χ2v) is 10.4. The second kappa shape index (κ2) is 9.39. The average Bonchev–Trinajstić information content (AvgIpc) is 3.54. The van der Waals surface area contributed by atoms with E-state index in [9.17, 15) is 4.79 Å². The van der Waals surface area contributed by atoms with Gasteiger partial charge < -0.3 is 14.5 Å². The van der Waals surface area contributed by atoms with Crippen LogP contribution in [0.1, 0.15) is 24.6 Å². The molecule has 3 aromatic heterocycles. The van der Waals surface area contributed by atoms with E-state index in [0.29, 0.717) is 25.0 Å². The van der Waals surface area contributed by atoms with Crippen LogP contribution in [0, 0.1) is 5.92 Å². The maximum absolute atomic E-state index is 12.7. The standard InChI is InChI=1S/C26H28N6O2S/c1-17-7-9-31(10-8-17)23(33)6-5-18-15-22-24(35-18)26(32-11-13-34-14-12-32)29-25(28-22)19-3-2-4-21-20(19)16-27-30-21/h2-6,15-17H,7-14H2,1H3,(H,27,30)/b6-5+. The van der Waals surface area contributed by atoms with Crippen molar-refractivity contribution in [3.63, 3.8) is 0 Å². The fourth-order valence-corrected chi connectivity index (χ4v) is 5.79. The van der Waals surface area contributed by atoms with Crippen LogP contribution in [0.3, 0.4) is 0 Å². The number of nitrogens with zero attached hydrogens (tertiary/aromatic N) is 5. The third kappa shape index (κ3) is 4.41. The molecule has 2 aliphatic heterocycles. The van der Waals surface area contributed by atoms with Gasteiger partial charge in [0.15, 0.2) is 11.6 Å². The first-order valence-corrected chi connectivity index (χ1v) is 13.0. The molecule has 0 bridgehead atoms. The van der Waals surface area contributed by atoms with E-state index in [0.717, 1.165) is 76.4 Å². The van der Waals surface area contributed by atoms with Gasteiger partial charge in [-0.2, -0.15) is 5.10 Å². The van der Waals surface area contributed by atoms with Crippen LogP contribution in [-0.2, 0) is 9.53 Å². The van der Waals surface area contributed by atoms with E-state index >= 15 is 0 Å². The van der Waals surface area contributed by atoms with Crippen LogP contribution in [0.25, 0.3) is 38.6 Å². The Bertz CT molecular complexity index is 1400. The number of aromatic amines is 1. The number of likely N-dealkylation sites (tertiary alicyclic amines) is 1. The lowest BCUT2D eigenvalue weighted by molar-refractivity contribution is -0.127. The van der Waals surface area contributed by atoms with Crippen molar-refractivity contribution in [1.82, 2.24) is 25.1 Å². The van der Waals surface area contributed by atoms with E-state index in [1.165, 1.54) is 0 Å². The molecule has 2 aliphatic rings. The molecule has 0 saturated carbocycles. The largest absolute Gasteiger partial charge is 0.378 e. The molecule has 2 fully saturated rings. The van der Waals surface area contributed by atoms with Gasteiger partial charge in [0.2, 0.25) is 5.91 Å². The number of amides is 1. The van der Waals surface area contributed by atoms with Gasteiger partial charge in [-0.05, 0) is 37.0 Å². The van der Waals surface area contributed by atoms with E-state index in [2.05, 4.69) is 28.1 Å². The predicted molar refractivity (Wildman–Crippen MR) is 140 cm³/mol. The first kappa shape index (κ1) is 22.2. The van der Waals surface area contributed by atoms with Crippen molar-refractivity contribution in [2.45, 2.75) is 19.8 Å². The van der Waals surface area contributed by atoms with E-state index in [1.54, 1.807) is 17.4 Å². The lowest BCUT2D eigenvalue weighted by Crippen LogP contribution is -2.36. The molecular weight excluding hydrogens is 460 g/mol. The molecule has 6 rings (SSSR count). The van der Waals surface area contributed by atoms with Gasteiger partial charge in [0.25, 0.3) is 0 Å². The van der Waals surface area contributed by atoms with Gasteiger partial charge in [-0.15, -0.1) is 11.3 Å². The molecule has 35 heavy (non-hydrogen) atoms. The zero-order chi connectivity index (χ0) is 23.8. The summed E-state index contributed by atoms with van der Waals surface area (Å²) in [6.45, 7) is 6.87. The van der Waals surface area contributed by atoms with Gasteiger partial charge in [0.1, 0.15) is 0 Å². The van der Waals surface area contributed by atoms with Crippen molar-refractivity contribution < 1.29 is 9.53 Å². The molecule has 180 valence electrons. The Balaban J connectivity index is 1.38. The topological polar surface area (TPSA) is 87.2 Å². The minimum Gasteiger partial charge on any atom is -0.378 e. The van der Waals surface area contributed by atoms with Gasteiger partial charge in [0, 0.05) is 48.1 Å². The first-order valence-electron chi connectivity index (χ1n) is 12.2. The van der Waals surface area contributed by atoms with Crippen LogP contribution in [0.15, 0.2) is 36.5 Å². The summed E-state index contributed by atoms with van der Waals surface area (Å²) < 4.78 is 6.62. The van der Waals surface area contributed by atoms with Crippen molar-refractivity contribution in [2.75, 3.05) is 44.3 Å². The Morgan fingerprint density at radius 3 is 2.83 bits per heavy atom. The van der Waals surface area contributed by atoms with Crippen molar-refractivity contribution in [3.8, 4) is 11.4 Å². The molecule has 1 N–H and O–H groups in total. The number of thiophene rings is 1. The summed E-state index contributed by atoms with van der Waals surface area (Å²) in [7, 11) is 0. The SMILES string of the molecule is CC1CCN(C(=O)/C=C/c2cc3nc(-c4cccc5[nH]ncc45)nc(N4CCOCC4)c3s2)CC1. The number of piperidine rings is 1. The molecule has 5 heterocycles. The number of carbonyl (C=O) groups excluding carboxylic acids is 1. The Morgan fingerprint density at radius 1 is 1.17 bits per heavy atom. The van der Waals surface area contributed by atoms with Crippen LogP contribution in [-0.4, -0.2) is 70.4 Å². The number of nitrogens with one attached hydrogen (secondary N) is 1. The van der Waals surface area contributed by atoms with Gasteiger partial charge in [0.05, 0.1) is 35.1 Å². The van der Waals surface area contributed by atoms with Gasteiger partial charge in [-0.1, -0.05) is 19.1 Å². The second-order valence-electron chi connectivity index (χ2n) is 9.31. The maximum atomic E-state index is 12.7. The van der Waals surface area contributed by atoms with Gasteiger partial charge >= 0.3 is 0 Å². The average molecular weight is 489 g/mol. The Morgan fingerprint density at radius 2 is 2.00 bits per heavy atom. The third-order valence-electron chi connectivity index (χ3n) is 6.89. The fourth-order valence-electron chi connectivity index (χ4n) is 4.78. The van der Waals surface area contributed by atoms with Crippen molar-refractivity contribution >= 4 is 50.3 Å². The highest BCUT2D eigenvalue weighted by Gasteiger charge is 2.21. The Labute approximate surface area is 207 Å². The van der Waals surface area contributed by atoms with Crippen LogP contribution in [0.2, 0.25) is 0 Å². The summed E-state index contributed by atoms with van der Waals surface area (Å²) >= 11 is 1.63. The zero-order valence-electron chi connectivity index (χ0n) is 19.7. The smallest absolute Gasteiger partial charge is 0.246 e. The highest BCUT2D eigenvalue weighted by Crippen LogP contribution is 2.36. The number of hydrogen-bond donors (Lipinski definition) is 1. The summed E-state index contributed by atoms with van der Waals surface area (Å²) in [6.07, 6.45) is 7.60. The number of anilines is 1. The molecule has 4 aromatic rings. The lowest BCUT2D eigenvalue weighted by Gasteiger charge is -2.29. The minimum absolute atomic E-state index is 0.0844. The highest BCUT2D eigenvalue weighted by atomic mass is 32.1. The Kier molecular flexibility index (Phi) is 5.95. The van der Waals surface area contributed by atoms with Crippen LogP contribution >= 0.6 is 11.3 Å². The number of aromatic nitrogens is 4. The van der Waals surface area contributed by atoms with Gasteiger partial charge in [-0.3, -0.25) is 9.89 Å². The van der Waals surface area contributed by atoms with Crippen LogP contribution < -0.4 is 4.90 Å². The quantitative estimate of drug-likeness (QED) is 0.430. The molecule has 0 atom stereocenters. The Hall–Kier alpha value is -3.30. The number of hydrogen-bond acceptors (Lipinski definition) is 7. The van der Waals surface area contributed by atoms with Gasteiger partial charge in [-0.25, -0.2) is 9.97 Å². The van der Waals surface area contributed by atoms with E-state index < -0.39 is 0 Å². The summed E-state index contributed by atoms with van der Waals surface area (Å²) in [5.41, 5.74) is 2.80. The number of carbonyl (C=O) groups is 1. The van der Waals surface area contributed by atoms with E-state index in [4.69, 9.17) is 14.7 Å². The summed E-state index contributed by atoms with van der Waals surface area (Å²) in [5, 5.41) is 8.23. The monoisotopic (exact) mass is 488 g/mol. The molecule has 1 amide bonds. The number of fused-ring (bicyclic) bond motifs is 2. The number of rotatable bonds is 4. The van der Waals surface area contributed by atoms with Crippen molar-refractivity contribution in [1.29, 1.82) is 0 Å². The van der Waals surface area contributed by atoms with E-state index in [1.807, 2.05) is 35.4 Å². The molecule has 0 spiro atoms. The normalized spacial score (nSPS) is 17.7. The molecular formula is C26H28N6O2S. The van der Waals surface area contributed by atoms with Crippen molar-refractivity contribution in [2.24, 2.45) is 5.92 Å². The fraction of sp³-hybridized carbons (Fsp3) is 0.385. The molecule has 2 saturated heterocycles. The summed E-state index contributed by atoms with van der Waals surface area (Å²) in [6, 6.07) is 8.09. The highest BCUT2D eigenvalue weighted by molar-refractivity contribution is 7.20. The summed E-state index contributed by atoms with van der Waals surface area (Å²) in [4.78, 5) is 27.9. The number of morpholine rings is 1. The van der Waals surface area contributed by atoms with Crippen LogP contribution in [0.4, 0.5) is 5.82 Å². The molecule has 1 aromatic carbocycles. The zero-order valence-corrected chi connectivity index (χ0v) is 20.6. The van der Waals surface area contributed by atoms with Crippen molar-refractivity contribution in [3.05, 3.63) is 41.4 Å². The minimum atomic E-state index is 0.0844. The van der Waals surface area contributed by atoms with E-state index in [-0.39, 0.29) is 5.91 Å². The predicted octanol–water partition coefficient (Wildman–Crippen LogP) is 4.34. The molecule has 9 heteroatoms. The number of ether oxygens (including phenoxy) is 1. The molecule has 0 radical (unpaired) electrons. The number of benzene rings is 1. The summed E-state index contributed by atoms with van der Waals surface area (Å²) in [5.74, 6) is 2.39. The lowest BCUT2D eigenvalue weighted by atomic mass is 9.99. The molecule has 0 unspecified atom stereocenters. The van der Waals surface area contributed by atoms with Crippen LogP contribution in [0.5, 0.6) is 0 Å². The molecule has 0 aliphatic carbocycles. The number of H-pyrrole nitrogens is 1. The first-order chi connectivity index (χ1) is 17.2. The maximum Gasteiger partial charge on any atom is 0.246 e.